The van der Waals surface area contributed by atoms with E-state index in [0.717, 1.165) is 11.6 Å². The van der Waals surface area contributed by atoms with Crippen LogP contribution in [0.25, 0.3) is 0 Å². The molecule has 0 saturated carbocycles. The van der Waals surface area contributed by atoms with E-state index in [9.17, 15) is 5.11 Å². The summed E-state index contributed by atoms with van der Waals surface area (Å²) >= 11 is 5.84. The van der Waals surface area contributed by atoms with Gasteiger partial charge in [0.25, 0.3) is 0 Å². The first-order chi connectivity index (χ1) is 9.15. The van der Waals surface area contributed by atoms with E-state index in [1.807, 2.05) is 31.2 Å². The molecule has 0 spiro atoms. The van der Waals surface area contributed by atoms with Crippen LogP contribution in [0.3, 0.4) is 0 Å². The lowest BCUT2D eigenvalue weighted by Gasteiger charge is -2.16. The third kappa shape index (κ3) is 4.39. The van der Waals surface area contributed by atoms with Gasteiger partial charge in [-0.05, 0) is 43.2 Å². The smallest absolute Gasteiger partial charge is 0.132 e. The molecule has 2 N–H and O–H groups in total. The number of rotatable bonds is 6. The molecule has 3 nitrogen and oxygen atoms in total. The summed E-state index contributed by atoms with van der Waals surface area (Å²) in [7, 11) is 0. The van der Waals surface area contributed by atoms with E-state index >= 15 is 0 Å². The van der Waals surface area contributed by atoms with Gasteiger partial charge in [-0.2, -0.15) is 0 Å². The number of furan rings is 1. The maximum Gasteiger partial charge on any atom is 0.132 e. The molecule has 1 aromatic heterocycles. The predicted octanol–water partition coefficient (Wildman–Crippen LogP) is 3.53. The Bertz CT molecular complexity index is 481. The van der Waals surface area contributed by atoms with Gasteiger partial charge in [-0.3, -0.25) is 0 Å². The zero-order chi connectivity index (χ0) is 13.7. The molecule has 2 unspecified atom stereocenters. The van der Waals surface area contributed by atoms with Gasteiger partial charge < -0.3 is 14.8 Å². The first-order valence-corrected chi connectivity index (χ1v) is 6.72. The van der Waals surface area contributed by atoms with Crippen LogP contribution < -0.4 is 5.32 Å². The number of nitrogens with one attached hydrogen (secondary N) is 1. The number of aliphatic hydroxyl groups excluding tert-OH is 1. The summed E-state index contributed by atoms with van der Waals surface area (Å²) in [5, 5.41) is 14.1. The Balaban J connectivity index is 1.78. The molecule has 0 aliphatic rings. The predicted molar refractivity (Wildman–Crippen MR) is 76.0 cm³/mol. The van der Waals surface area contributed by atoms with Gasteiger partial charge in [0.05, 0.1) is 6.26 Å². The summed E-state index contributed by atoms with van der Waals surface area (Å²) in [4.78, 5) is 0. The summed E-state index contributed by atoms with van der Waals surface area (Å²) in [5.41, 5.74) is 1.17. The average Bonchev–Trinajstić information content (AvgIpc) is 2.92. The van der Waals surface area contributed by atoms with Gasteiger partial charge in [0.1, 0.15) is 11.9 Å². The lowest BCUT2D eigenvalue weighted by molar-refractivity contribution is 0.128. The fourth-order valence-corrected chi connectivity index (χ4v) is 2.04. The highest BCUT2D eigenvalue weighted by Crippen LogP contribution is 2.18. The van der Waals surface area contributed by atoms with E-state index in [1.165, 1.54) is 5.56 Å². The number of halogens is 1. The standard InChI is InChI=1S/C15H18ClNO2/c1-11(9-14(18)15-3-2-8-19-15)17-10-12-4-6-13(16)7-5-12/h2-8,11,14,17-18H,9-10H2,1H3. The van der Waals surface area contributed by atoms with Crippen molar-refractivity contribution in [2.45, 2.75) is 32.0 Å². The van der Waals surface area contributed by atoms with Gasteiger partial charge in [0.15, 0.2) is 0 Å². The molecule has 2 rings (SSSR count). The fraction of sp³-hybridized carbons (Fsp3) is 0.333. The van der Waals surface area contributed by atoms with Crippen molar-refractivity contribution in [1.82, 2.24) is 5.32 Å². The fourth-order valence-electron chi connectivity index (χ4n) is 1.91. The number of hydrogen-bond acceptors (Lipinski definition) is 3. The van der Waals surface area contributed by atoms with E-state index in [4.69, 9.17) is 16.0 Å². The second kappa shape index (κ2) is 6.75. The Morgan fingerprint density at radius 1 is 1.26 bits per heavy atom. The van der Waals surface area contributed by atoms with E-state index in [-0.39, 0.29) is 6.04 Å². The third-order valence-electron chi connectivity index (χ3n) is 3.02. The first-order valence-electron chi connectivity index (χ1n) is 6.34. The Labute approximate surface area is 118 Å². The molecule has 2 atom stereocenters. The van der Waals surface area contributed by atoms with Crippen molar-refractivity contribution in [3.05, 3.63) is 59.0 Å². The van der Waals surface area contributed by atoms with Crippen LogP contribution in [0.1, 0.15) is 30.8 Å². The number of aliphatic hydroxyl groups is 1. The van der Waals surface area contributed by atoms with Gasteiger partial charge in [0, 0.05) is 17.6 Å². The maximum absolute atomic E-state index is 9.96. The van der Waals surface area contributed by atoms with Crippen molar-refractivity contribution in [2.75, 3.05) is 0 Å². The van der Waals surface area contributed by atoms with Gasteiger partial charge >= 0.3 is 0 Å². The van der Waals surface area contributed by atoms with Gasteiger partial charge in [0.2, 0.25) is 0 Å². The summed E-state index contributed by atoms with van der Waals surface area (Å²) in [5.74, 6) is 0.611. The van der Waals surface area contributed by atoms with Crippen LogP contribution in [-0.4, -0.2) is 11.1 Å². The molecule has 0 radical (unpaired) electrons. The molecule has 0 aliphatic heterocycles. The summed E-state index contributed by atoms with van der Waals surface area (Å²) in [6, 6.07) is 11.5. The van der Waals surface area contributed by atoms with Crippen molar-refractivity contribution >= 4 is 11.6 Å². The monoisotopic (exact) mass is 279 g/mol. The van der Waals surface area contributed by atoms with Crippen molar-refractivity contribution in [3.63, 3.8) is 0 Å². The minimum absolute atomic E-state index is 0.191. The highest BCUT2D eigenvalue weighted by Gasteiger charge is 2.14. The van der Waals surface area contributed by atoms with Gasteiger partial charge in [-0.15, -0.1) is 0 Å². The summed E-state index contributed by atoms with van der Waals surface area (Å²) < 4.78 is 5.18. The van der Waals surface area contributed by atoms with E-state index < -0.39 is 6.10 Å². The van der Waals surface area contributed by atoms with Crippen LogP contribution in [0.5, 0.6) is 0 Å². The Hall–Kier alpha value is -1.29. The molecule has 102 valence electrons. The van der Waals surface area contributed by atoms with Crippen LogP contribution in [0.15, 0.2) is 47.1 Å². The highest BCUT2D eigenvalue weighted by atomic mass is 35.5. The van der Waals surface area contributed by atoms with E-state index in [2.05, 4.69) is 5.32 Å². The normalized spacial score (nSPS) is 14.3. The third-order valence-corrected chi connectivity index (χ3v) is 3.27. The lowest BCUT2D eigenvalue weighted by atomic mass is 10.1. The number of benzene rings is 1. The van der Waals surface area contributed by atoms with Crippen molar-refractivity contribution in [1.29, 1.82) is 0 Å². The Kier molecular flexibility index (Phi) is 5.02. The molecule has 19 heavy (non-hydrogen) atoms. The molecule has 0 saturated heterocycles. The van der Waals surface area contributed by atoms with Crippen LogP contribution >= 0.6 is 11.6 Å². The Morgan fingerprint density at radius 3 is 2.63 bits per heavy atom. The van der Waals surface area contributed by atoms with Crippen molar-refractivity contribution in [3.8, 4) is 0 Å². The van der Waals surface area contributed by atoms with Crippen molar-refractivity contribution < 1.29 is 9.52 Å². The minimum Gasteiger partial charge on any atom is -0.467 e. The van der Waals surface area contributed by atoms with Crippen LogP contribution in [0, 0.1) is 0 Å². The molecule has 0 bridgehead atoms. The zero-order valence-corrected chi connectivity index (χ0v) is 11.6. The average molecular weight is 280 g/mol. The molecule has 1 aromatic carbocycles. The molecule has 0 fully saturated rings. The molecular formula is C15H18ClNO2. The maximum atomic E-state index is 9.96. The highest BCUT2D eigenvalue weighted by molar-refractivity contribution is 6.30. The summed E-state index contributed by atoms with van der Waals surface area (Å²) in [6.07, 6.45) is 1.62. The molecule has 1 heterocycles. The quantitative estimate of drug-likeness (QED) is 0.850. The Morgan fingerprint density at radius 2 is 2.00 bits per heavy atom. The largest absolute Gasteiger partial charge is 0.467 e. The minimum atomic E-state index is -0.567. The van der Waals surface area contributed by atoms with Crippen LogP contribution in [0.2, 0.25) is 5.02 Å². The molecule has 0 amide bonds. The summed E-state index contributed by atoms with van der Waals surface area (Å²) in [6.45, 7) is 2.80. The van der Waals surface area contributed by atoms with E-state index in [1.54, 1.807) is 18.4 Å². The van der Waals surface area contributed by atoms with Crippen LogP contribution in [-0.2, 0) is 6.54 Å². The van der Waals surface area contributed by atoms with Crippen molar-refractivity contribution in [2.24, 2.45) is 0 Å². The zero-order valence-electron chi connectivity index (χ0n) is 10.8. The van der Waals surface area contributed by atoms with Gasteiger partial charge in [-0.25, -0.2) is 0 Å². The first kappa shape index (κ1) is 14.1. The molecular weight excluding hydrogens is 262 g/mol. The van der Waals surface area contributed by atoms with Gasteiger partial charge in [-0.1, -0.05) is 23.7 Å². The SMILES string of the molecule is CC(CC(O)c1ccco1)NCc1ccc(Cl)cc1. The number of hydrogen-bond donors (Lipinski definition) is 2. The lowest BCUT2D eigenvalue weighted by Crippen LogP contribution is -2.27. The van der Waals surface area contributed by atoms with E-state index in [0.29, 0.717) is 12.2 Å². The molecule has 4 heteroatoms. The molecule has 2 aromatic rings. The molecule has 0 aliphatic carbocycles. The van der Waals surface area contributed by atoms with Crippen LogP contribution in [0.4, 0.5) is 0 Å². The second-order valence-corrected chi connectivity index (χ2v) is 5.11. The topological polar surface area (TPSA) is 45.4 Å². The second-order valence-electron chi connectivity index (χ2n) is 4.68.